The number of nitrogens with zero attached hydrogens (tertiary/aromatic N) is 1. The van der Waals surface area contributed by atoms with E-state index >= 15 is 0 Å². The lowest BCUT2D eigenvalue weighted by molar-refractivity contribution is 0.00650. The molecular weight excluding hydrogens is 453 g/mol. The maximum Gasteiger partial charge on any atom is 0.410 e. The Balaban J connectivity index is 1.17. The largest absolute Gasteiger partial charge is 0.448 e. The van der Waals surface area contributed by atoms with E-state index in [1.54, 1.807) is 13.0 Å². The molecule has 1 amide bonds. The highest BCUT2D eigenvalue weighted by atomic mass is 19.1. The van der Waals surface area contributed by atoms with Crippen molar-refractivity contribution in [2.75, 3.05) is 6.61 Å². The molecule has 2 fully saturated rings. The van der Waals surface area contributed by atoms with Gasteiger partial charge in [0.2, 0.25) is 0 Å². The fraction of sp³-hybridized carbons (Fsp3) is 0.355. The summed E-state index contributed by atoms with van der Waals surface area (Å²) in [6.07, 6.45) is 3.71. The van der Waals surface area contributed by atoms with Crippen LogP contribution < -0.4 is 0 Å². The number of benzene rings is 3. The third kappa shape index (κ3) is 4.01. The predicted octanol–water partition coefficient (Wildman–Crippen LogP) is 6.90. The molecule has 2 unspecified atom stereocenters. The summed E-state index contributed by atoms with van der Waals surface area (Å²) in [5.74, 6) is -0.563. The van der Waals surface area contributed by atoms with Crippen molar-refractivity contribution in [1.82, 2.24) is 4.90 Å². The van der Waals surface area contributed by atoms with Crippen molar-refractivity contribution in [1.29, 1.82) is 0 Å². The van der Waals surface area contributed by atoms with E-state index in [9.17, 15) is 14.0 Å². The van der Waals surface area contributed by atoms with Crippen LogP contribution in [0.15, 0.2) is 66.7 Å². The van der Waals surface area contributed by atoms with Crippen LogP contribution in [0, 0.1) is 18.7 Å². The summed E-state index contributed by atoms with van der Waals surface area (Å²) >= 11 is 0. The number of hydrogen-bond acceptors (Lipinski definition) is 3. The Labute approximate surface area is 211 Å². The Hall–Kier alpha value is -3.47. The molecule has 1 aliphatic carbocycles. The van der Waals surface area contributed by atoms with Crippen molar-refractivity contribution in [3.8, 4) is 11.1 Å². The first-order valence-electron chi connectivity index (χ1n) is 12.9. The van der Waals surface area contributed by atoms with Crippen LogP contribution in [-0.2, 0) is 4.74 Å². The van der Waals surface area contributed by atoms with E-state index in [0.29, 0.717) is 25.0 Å². The summed E-state index contributed by atoms with van der Waals surface area (Å²) in [5, 5.41) is 0. The molecular formula is C31H30FNO3. The molecule has 0 spiro atoms. The number of amides is 1. The minimum absolute atomic E-state index is 0.0123. The average Bonchev–Trinajstić information content (AvgIpc) is 3.19. The Morgan fingerprint density at radius 1 is 0.917 bits per heavy atom. The van der Waals surface area contributed by atoms with E-state index < -0.39 is 0 Å². The molecule has 6 rings (SSSR count). The lowest BCUT2D eigenvalue weighted by atomic mass is 9.75. The van der Waals surface area contributed by atoms with Crippen LogP contribution in [0.5, 0.6) is 0 Å². The number of piperidine rings is 2. The van der Waals surface area contributed by atoms with Gasteiger partial charge >= 0.3 is 6.09 Å². The molecule has 0 N–H and O–H groups in total. The molecule has 3 aromatic rings. The van der Waals surface area contributed by atoms with Crippen LogP contribution in [0.3, 0.4) is 0 Å². The number of hydrogen-bond donors (Lipinski definition) is 0. The lowest BCUT2D eigenvalue weighted by Crippen LogP contribution is -2.55. The Morgan fingerprint density at radius 3 is 2.14 bits per heavy atom. The molecule has 2 aliphatic heterocycles. The number of fused-ring (bicyclic) bond motifs is 5. The fourth-order valence-electron chi connectivity index (χ4n) is 6.68. The maximum absolute atomic E-state index is 13.9. The van der Waals surface area contributed by atoms with E-state index in [1.807, 2.05) is 29.2 Å². The van der Waals surface area contributed by atoms with Gasteiger partial charge in [-0.3, -0.25) is 4.79 Å². The molecule has 2 saturated heterocycles. The zero-order chi connectivity index (χ0) is 24.8. The van der Waals surface area contributed by atoms with E-state index in [2.05, 4.69) is 24.3 Å². The topological polar surface area (TPSA) is 46.6 Å². The molecule has 2 bridgehead atoms. The van der Waals surface area contributed by atoms with Crippen molar-refractivity contribution >= 4 is 11.9 Å². The Kier molecular flexibility index (Phi) is 5.87. The average molecular weight is 484 g/mol. The van der Waals surface area contributed by atoms with E-state index in [0.717, 1.165) is 24.8 Å². The summed E-state index contributed by atoms with van der Waals surface area (Å²) < 4.78 is 19.9. The highest BCUT2D eigenvalue weighted by Gasteiger charge is 2.44. The van der Waals surface area contributed by atoms with Gasteiger partial charge in [0, 0.05) is 29.5 Å². The van der Waals surface area contributed by atoms with Crippen molar-refractivity contribution in [2.45, 2.75) is 57.0 Å². The van der Waals surface area contributed by atoms with Crippen LogP contribution in [0.25, 0.3) is 11.1 Å². The number of carbonyl (C=O) groups excluding carboxylic acids is 2. The fourth-order valence-corrected chi connectivity index (χ4v) is 6.68. The monoisotopic (exact) mass is 483 g/mol. The second-order valence-corrected chi connectivity index (χ2v) is 10.5. The normalized spacial score (nSPS) is 22.6. The Bertz CT molecular complexity index is 1260. The predicted molar refractivity (Wildman–Crippen MR) is 137 cm³/mol. The first-order chi connectivity index (χ1) is 17.5. The number of Topliss-reactive ketones (excluding diaryl/α,β-unsaturated/α-hetero) is 1. The van der Waals surface area contributed by atoms with Gasteiger partial charge in [0.05, 0.1) is 0 Å². The van der Waals surface area contributed by atoms with Crippen molar-refractivity contribution in [2.24, 2.45) is 5.92 Å². The van der Waals surface area contributed by atoms with Gasteiger partial charge in [0.1, 0.15) is 12.4 Å². The quantitative estimate of drug-likeness (QED) is 0.379. The molecule has 36 heavy (non-hydrogen) atoms. The van der Waals surface area contributed by atoms with E-state index in [4.69, 9.17) is 4.74 Å². The summed E-state index contributed by atoms with van der Waals surface area (Å²) in [4.78, 5) is 28.5. The van der Waals surface area contributed by atoms with Gasteiger partial charge in [-0.05, 0) is 85.0 Å². The van der Waals surface area contributed by atoms with Crippen LogP contribution in [0.2, 0.25) is 0 Å². The first-order valence-corrected chi connectivity index (χ1v) is 12.9. The molecule has 5 heteroatoms. The van der Waals surface area contributed by atoms with Crippen molar-refractivity contribution < 1.29 is 18.7 Å². The number of carbonyl (C=O) groups is 2. The zero-order valence-electron chi connectivity index (χ0n) is 20.5. The van der Waals surface area contributed by atoms with Gasteiger partial charge in [0.15, 0.2) is 5.78 Å². The van der Waals surface area contributed by atoms with Gasteiger partial charge in [-0.2, -0.15) is 0 Å². The molecule has 3 aliphatic rings. The van der Waals surface area contributed by atoms with Crippen LogP contribution >= 0.6 is 0 Å². The van der Waals surface area contributed by atoms with Crippen LogP contribution in [-0.4, -0.2) is 35.5 Å². The molecule has 0 radical (unpaired) electrons. The van der Waals surface area contributed by atoms with Gasteiger partial charge in [-0.15, -0.1) is 0 Å². The molecule has 3 aromatic carbocycles. The van der Waals surface area contributed by atoms with E-state index in [1.165, 1.54) is 34.4 Å². The van der Waals surface area contributed by atoms with Gasteiger partial charge in [-0.25, -0.2) is 9.18 Å². The van der Waals surface area contributed by atoms with Gasteiger partial charge < -0.3 is 9.64 Å². The van der Waals surface area contributed by atoms with Gasteiger partial charge in [0.25, 0.3) is 0 Å². The molecule has 4 nitrogen and oxygen atoms in total. The number of ether oxygens (including phenoxy) is 1. The number of ketones is 1. The molecule has 2 heterocycles. The minimum atomic E-state index is -0.380. The van der Waals surface area contributed by atoms with E-state index in [-0.39, 0.29) is 41.6 Å². The summed E-state index contributed by atoms with van der Waals surface area (Å²) in [6, 6.07) is 21.1. The summed E-state index contributed by atoms with van der Waals surface area (Å²) in [7, 11) is 0. The highest BCUT2D eigenvalue weighted by molar-refractivity contribution is 5.98. The third-order valence-corrected chi connectivity index (χ3v) is 8.22. The smallest absolute Gasteiger partial charge is 0.410 e. The molecule has 2 atom stereocenters. The minimum Gasteiger partial charge on any atom is -0.448 e. The molecule has 184 valence electrons. The number of rotatable bonds is 4. The second kappa shape index (κ2) is 9.20. The molecule has 0 aromatic heterocycles. The maximum atomic E-state index is 13.9. The molecule has 0 saturated carbocycles. The number of halogens is 1. The second-order valence-electron chi connectivity index (χ2n) is 10.5. The van der Waals surface area contributed by atoms with Crippen LogP contribution in [0.1, 0.15) is 65.1 Å². The van der Waals surface area contributed by atoms with Crippen molar-refractivity contribution in [3.05, 3.63) is 94.8 Å². The first kappa shape index (κ1) is 23.0. The highest BCUT2D eigenvalue weighted by Crippen LogP contribution is 2.45. The standard InChI is InChI=1S/C31H30FNO3/c1-19-13-20(15-22(32)14-19)30(34)21-16-23-7-6-8-24(17-21)33(23)31(35)36-18-29-27-11-4-2-9-25(27)26-10-3-5-12-28(26)29/h2-5,9-15,21,23-24,29H,6-8,16-18H2,1H3. The zero-order valence-corrected chi connectivity index (χ0v) is 20.5. The Morgan fingerprint density at radius 2 is 1.53 bits per heavy atom. The van der Waals surface area contributed by atoms with Crippen LogP contribution in [0.4, 0.5) is 9.18 Å². The van der Waals surface area contributed by atoms with Crippen molar-refractivity contribution in [3.63, 3.8) is 0 Å². The van der Waals surface area contributed by atoms with Gasteiger partial charge in [-0.1, -0.05) is 48.5 Å². The SMILES string of the molecule is Cc1cc(F)cc(C(=O)C2CC3CCCC(C2)N3C(=O)OCC2c3ccccc3-c3ccccc32)c1. The number of aryl methyl sites for hydroxylation is 1. The summed E-state index contributed by atoms with van der Waals surface area (Å²) in [5.41, 5.74) is 5.98. The third-order valence-electron chi connectivity index (χ3n) is 8.22. The summed E-state index contributed by atoms with van der Waals surface area (Å²) in [6.45, 7) is 2.10. The lowest BCUT2D eigenvalue weighted by Gasteiger charge is -2.47.